The topological polar surface area (TPSA) is 37.3 Å². The molecule has 1 atom stereocenters. The van der Waals surface area contributed by atoms with Gasteiger partial charge in [-0.1, -0.05) is 0 Å². The summed E-state index contributed by atoms with van der Waals surface area (Å²) in [4.78, 5) is 9.69. The molecule has 1 N–H and O–H groups in total. The van der Waals surface area contributed by atoms with Crippen LogP contribution in [0.25, 0.3) is 0 Å². The van der Waals surface area contributed by atoms with E-state index in [9.17, 15) is 9.18 Å². The molecule has 0 heterocycles. The van der Waals surface area contributed by atoms with Gasteiger partial charge in [0.1, 0.15) is 6.67 Å². The van der Waals surface area contributed by atoms with Crippen LogP contribution in [0.15, 0.2) is 0 Å². The highest BCUT2D eigenvalue weighted by Crippen LogP contribution is 1.92. The number of halogens is 1. The first kappa shape index (κ1) is 6.40. The van der Waals surface area contributed by atoms with Gasteiger partial charge in [-0.05, 0) is 6.92 Å². The molecule has 0 saturated heterocycles. The molecular weight excluding hydrogens is 98.0 g/mol. The number of hydrogen-bond acceptors (Lipinski definition) is 1. The van der Waals surface area contributed by atoms with Gasteiger partial charge in [0.25, 0.3) is 0 Å². The zero-order valence-corrected chi connectivity index (χ0v) is 4.02. The largest absolute Gasteiger partial charge is 0.481 e. The molecule has 0 fully saturated rings. The Kier molecular flexibility index (Phi) is 2.33. The van der Waals surface area contributed by atoms with E-state index in [1.807, 2.05) is 0 Å². The Hall–Kier alpha value is -0.600. The molecular formula is C4H7FO2. The number of carbonyl (C=O) groups is 1. The summed E-state index contributed by atoms with van der Waals surface area (Å²) in [6.07, 6.45) is 0. The fourth-order valence-electron chi connectivity index (χ4n) is 0.0660. The highest BCUT2D eigenvalue weighted by Gasteiger charge is 2.07. The van der Waals surface area contributed by atoms with Gasteiger partial charge < -0.3 is 5.11 Å². The van der Waals surface area contributed by atoms with Gasteiger partial charge in [-0.3, -0.25) is 9.18 Å². The van der Waals surface area contributed by atoms with Crippen LogP contribution in [0.5, 0.6) is 0 Å². The number of carboxylic acid groups (broad SMARTS) is 1. The Morgan fingerprint density at radius 1 is 2.00 bits per heavy atom. The fraction of sp³-hybridized carbons (Fsp3) is 0.750. The van der Waals surface area contributed by atoms with Gasteiger partial charge in [-0.25, -0.2) is 0 Å². The summed E-state index contributed by atoms with van der Waals surface area (Å²) in [7, 11) is 0. The maximum absolute atomic E-state index is 11.3. The standard InChI is InChI=1S/C4H7FO2/c1-3(2-5)4(6)7/h3H,2H2,1H3,(H,6,7)/i5-1. The summed E-state index contributed by atoms with van der Waals surface area (Å²) in [6.45, 7) is 0.539. The Bertz CT molecular complexity index is 72.1. The molecule has 0 aromatic heterocycles. The quantitative estimate of drug-likeness (QED) is 0.560. The van der Waals surface area contributed by atoms with Gasteiger partial charge in [0.05, 0.1) is 5.92 Å². The maximum Gasteiger partial charge on any atom is 0.308 e. The van der Waals surface area contributed by atoms with Crippen molar-refractivity contribution in [1.29, 1.82) is 0 Å². The van der Waals surface area contributed by atoms with Crippen LogP contribution in [0.2, 0.25) is 0 Å². The van der Waals surface area contributed by atoms with E-state index >= 15 is 0 Å². The zero-order valence-electron chi connectivity index (χ0n) is 4.02. The molecule has 1 unspecified atom stereocenters. The molecule has 0 spiro atoms. The van der Waals surface area contributed by atoms with E-state index in [4.69, 9.17) is 5.11 Å². The summed E-state index contributed by atoms with van der Waals surface area (Å²) in [5.74, 6) is -1.93. The minimum atomic E-state index is -1.08. The monoisotopic (exact) mass is 105 g/mol. The van der Waals surface area contributed by atoms with Crippen molar-refractivity contribution in [2.75, 3.05) is 6.67 Å². The highest BCUT2D eigenvalue weighted by molar-refractivity contribution is 5.69. The van der Waals surface area contributed by atoms with Crippen LogP contribution in [0, 0.1) is 5.92 Å². The summed E-state index contributed by atoms with van der Waals surface area (Å²) < 4.78 is 11.3. The lowest BCUT2D eigenvalue weighted by Crippen LogP contribution is -2.10. The number of rotatable bonds is 2. The summed E-state index contributed by atoms with van der Waals surface area (Å²) >= 11 is 0. The van der Waals surface area contributed by atoms with Crippen molar-refractivity contribution in [3.05, 3.63) is 0 Å². The Morgan fingerprint density at radius 2 is 2.43 bits per heavy atom. The smallest absolute Gasteiger partial charge is 0.308 e. The van der Waals surface area contributed by atoms with E-state index in [1.54, 1.807) is 0 Å². The minimum Gasteiger partial charge on any atom is -0.481 e. The normalized spacial score (nSPS) is 13.4. The Morgan fingerprint density at radius 3 is 2.43 bits per heavy atom. The second-order valence-corrected chi connectivity index (χ2v) is 1.39. The first-order valence-electron chi connectivity index (χ1n) is 1.97. The van der Waals surface area contributed by atoms with Crippen molar-refractivity contribution in [1.82, 2.24) is 0 Å². The van der Waals surface area contributed by atoms with Crippen molar-refractivity contribution < 1.29 is 14.3 Å². The van der Waals surface area contributed by atoms with Gasteiger partial charge in [-0.2, -0.15) is 0 Å². The van der Waals surface area contributed by atoms with E-state index in [0.717, 1.165) is 0 Å². The van der Waals surface area contributed by atoms with Gasteiger partial charge in [0, 0.05) is 0 Å². The van der Waals surface area contributed by atoms with Crippen LogP contribution < -0.4 is 0 Å². The third-order valence-corrected chi connectivity index (χ3v) is 0.653. The lowest BCUT2D eigenvalue weighted by molar-refractivity contribution is -0.141. The second-order valence-electron chi connectivity index (χ2n) is 1.39. The lowest BCUT2D eigenvalue weighted by atomic mass is 10.2. The summed E-state index contributed by atoms with van der Waals surface area (Å²) in [5.41, 5.74) is 0. The molecule has 42 valence electrons. The molecule has 0 saturated carbocycles. The molecule has 2 nitrogen and oxygen atoms in total. The van der Waals surface area contributed by atoms with Crippen LogP contribution in [0.4, 0.5) is 4.39 Å². The summed E-state index contributed by atoms with van der Waals surface area (Å²) in [6, 6.07) is 0. The van der Waals surface area contributed by atoms with Crippen molar-refractivity contribution in [2.24, 2.45) is 5.92 Å². The van der Waals surface area contributed by atoms with Crippen LogP contribution >= 0.6 is 0 Å². The first-order valence-corrected chi connectivity index (χ1v) is 1.97. The SMILES string of the molecule is CC(C[18F])C(=O)O. The van der Waals surface area contributed by atoms with Crippen LogP contribution in [-0.2, 0) is 4.79 Å². The molecule has 0 aliphatic rings. The molecule has 3 heteroatoms. The molecule has 0 radical (unpaired) electrons. The van der Waals surface area contributed by atoms with Crippen molar-refractivity contribution in [2.45, 2.75) is 6.92 Å². The van der Waals surface area contributed by atoms with Crippen molar-refractivity contribution >= 4 is 5.97 Å². The second kappa shape index (κ2) is 2.55. The molecule has 0 bridgehead atoms. The van der Waals surface area contributed by atoms with Gasteiger partial charge in [0.15, 0.2) is 0 Å². The third kappa shape index (κ3) is 2.14. The highest BCUT2D eigenvalue weighted by atomic mass is 18.2. The predicted octanol–water partition coefficient (Wildman–Crippen LogP) is 0.677. The molecule has 0 aliphatic carbocycles. The summed E-state index contributed by atoms with van der Waals surface area (Å²) in [5, 5.41) is 7.94. The van der Waals surface area contributed by atoms with E-state index in [-0.39, 0.29) is 0 Å². The van der Waals surface area contributed by atoms with Gasteiger partial charge in [0.2, 0.25) is 0 Å². The predicted molar refractivity (Wildman–Crippen MR) is 22.8 cm³/mol. The molecule has 0 rings (SSSR count). The van der Waals surface area contributed by atoms with Crippen molar-refractivity contribution in [3.8, 4) is 0 Å². The van der Waals surface area contributed by atoms with Gasteiger partial charge >= 0.3 is 5.97 Å². The van der Waals surface area contributed by atoms with E-state index in [1.165, 1.54) is 6.92 Å². The van der Waals surface area contributed by atoms with E-state index in [0.29, 0.717) is 0 Å². The number of hydrogen-bond donors (Lipinski definition) is 1. The lowest BCUT2D eigenvalue weighted by Gasteiger charge is -1.93. The Balaban J connectivity index is 3.34. The van der Waals surface area contributed by atoms with Crippen LogP contribution in [-0.4, -0.2) is 17.8 Å². The fourth-order valence-corrected chi connectivity index (χ4v) is 0.0660. The average molecular weight is 105 g/mol. The molecule has 7 heavy (non-hydrogen) atoms. The number of aliphatic carboxylic acids is 1. The zero-order chi connectivity index (χ0) is 5.86. The third-order valence-electron chi connectivity index (χ3n) is 0.653. The molecule has 0 aromatic rings. The minimum absolute atomic E-state index is 0.782. The number of carboxylic acids is 1. The molecule has 0 aromatic carbocycles. The van der Waals surface area contributed by atoms with E-state index < -0.39 is 18.6 Å². The van der Waals surface area contributed by atoms with Crippen LogP contribution in [0.1, 0.15) is 6.92 Å². The number of alkyl halides is 1. The molecule has 0 amide bonds. The molecule has 0 aliphatic heterocycles. The van der Waals surface area contributed by atoms with Crippen molar-refractivity contribution in [3.63, 3.8) is 0 Å². The van der Waals surface area contributed by atoms with E-state index in [2.05, 4.69) is 0 Å². The average Bonchev–Trinajstić information content (AvgIpc) is 1.65. The maximum atomic E-state index is 11.3. The first-order chi connectivity index (χ1) is 3.18. The van der Waals surface area contributed by atoms with Gasteiger partial charge in [-0.15, -0.1) is 0 Å². The Labute approximate surface area is 41.0 Å². The van der Waals surface area contributed by atoms with Crippen LogP contribution in [0.3, 0.4) is 0 Å².